The third kappa shape index (κ3) is 2.71. The maximum Gasteiger partial charge on any atom is 0.265 e. The van der Waals surface area contributed by atoms with E-state index < -0.39 is 6.04 Å². The Balaban J connectivity index is 2.81. The van der Waals surface area contributed by atoms with Crippen LogP contribution in [0.1, 0.15) is 29.2 Å². The first-order valence-corrected chi connectivity index (χ1v) is 5.94. The Hall–Kier alpha value is -1.12. The van der Waals surface area contributed by atoms with Crippen LogP contribution in [0, 0.1) is 24.2 Å². The zero-order chi connectivity index (χ0) is 12.3. The van der Waals surface area contributed by atoms with E-state index in [0.29, 0.717) is 15.6 Å². The number of aromatic nitrogens is 1. The number of nitrogens with one attached hydrogen (secondary N) is 1. The minimum Gasteiger partial charge on any atom is -0.335 e. The van der Waals surface area contributed by atoms with Crippen LogP contribution in [0.5, 0.6) is 0 Å². The zero-order valence-corrected chi connectivity index (χ0v) is 10.8. The predicted octanol–water partition coefficient (Wildman–Crippen LogP) is 2.38. The van der Waals surface area contributed by atoms with Crippen molar-refractivity contribution in [2.24, 2.45) is 5.92 Å². The molecule has 0 aliphatic rings. The Morgan fingerprint density at radius 3 is 2.62 bits per heavy atom. The van der Waals surface area contributed by atoms with Gasteiger partial charge in [-0.2, -0.15) is 9.64 Å². The summed E-state index contributed by atoms with van der Waals surface area (Å²) in [4.78, 5) is 12.1. The molecule has 0 bridgehead atoms. The van der Waals surface area contributed by atoms with Crippen LogP contribution >= 0.6 is 23.1 Å². The molecule has 1 unspecified atom stereocenters. The van der Waals surface area contributed by atoms with Crippen molar-refractivity contribution in [2.75, 3.05) is 0 Å². The Bertz CT molecular complexity index is 436. The van der Waals surface area contributed by atoms with Gasteiger partial charge in [-0.1, -0.05) is 25.4 Å². The standard InChI is InChI=1S/C10H12ClN3OS/c1-5(2)7(4-12)13-10(15)9-8(11)6(3)14-16-9/h5,7H,1-3H3,(H,13,15). The van der Waals surface area contributed by atoms with Gasteiger partial charge in [0.1, 0.15) is 10.9 Å². The van der Waals surface area contributed by atoms with Crippen LogP contribution in [0.15, 0.2) is 0 Å². The monoisotopic (exact) mass is 257 g/mol. The van der Waals surface area contributed by atoms with E-state index in [4.69, 9.17) is 16.9 Å². The molecule has 4 nitrogen and oxygen atoms in total. The van der Waals surface area contributed by atoms with E-state index in [1.165, 1.54) is 0 Å². The molecule has 1 heterocycles. The number of nitriles is 1. The number of hydrogen-bond donors (Lipinski definition) is 1. The molecule has 1 N–H and O–H groups in total. The van der Waals surface area contributed by atoms with Crippen molar-refractivity contribution < 1.29 is 4.79 Å². The van der Waals surface area contributed by atoms with Gasteiger partial charge in [0.15, 0.2) is 0 Å². The molecule has 0 radical (unpaired) electrons. The van der Waals surface area contributed by atoms with Gasteiger partial charge < -0.3 is 5.32 Å². The lowest BCUT2D eigenvalue weighted by Gasteiger charge is -2.13. The van der Waals surface area contributed by atoms with Crippen molar-refractivity contribution in [3.05, 3.63) is 15.6 Å². The van der Waals surface area contributed by atoms with Gasteiger partial charge >= 0.3 is 0 Å². The second kappa shape index (κ2) is 5.28. The Labute approximate surface area is 103 Å². The number of nitrogens with zero attached hydrogens (tertiary/aromatic N) is 2. The quantitative estimate of drug-likeness (QED) is 0.904. The minimum absolute atomic E-state index is 0.0572. The highest BCUT2D eigenvalue weighted by atomic mass is 35.5. The zero-order valence-electron chi connectivity index (χ0n) is 9.24. The van der Waals surface area contributed by atoms with Gasteiger partial charge in [-0.3, -0.25) is 4.79 Å². The molecule has 1 amide bonds. The van der Waals surface area contributed by atoms with Crippen molar-refractivity contribution in [1.29, 1.82) is 5.26 Å². The van der Waals surface area contributed by atoms with E-state index in [-0.39, 0.29) is 11.8 Å². The highest BCUT2D eigenvalue weighted by molar-refractivity contribution is 7.08. The van der Waals surface area contributed by atoms with Gasteiger partial charge in [0.05, 0.1) is 16.8 Å². The van der Waals surface area contributed by atoms with Crippen molar-refractivity contribution >= 4 is 29.0 Å². The molecule has 86 valence electrons. The number of carbonyl (C=O) groups excluding carboxylic acids is 1. The topological polar surface area (TPSA) is 65.8 Å². The van der Waals surface area contributed by atoms with Crippen LogP contribution in [0.2, 0.25) is 5.02 Å². The molecule has 6 heteroatoms. The Kier molecular flexibility index (Phi) is 4.27. The number of aryl methyl sites for hydroxylation is 1. The van der Waals surface area contributed by atoms with E-state index in [0.717, 1.165) is 11.5 Å². The number of amides is 1. The number of rotatable bonds is 3. The summed E-state index contributed by atoms with van der Waals surface area (Å²) in [5.74, 6) is -0.280. The molecule has 0 saturated carbocycles. The normalized spacial score (nSPS) is 12.2. The van der Waals surface area contributed by atoms with Crippen LogP contribution in [-0.4, -0.2) is 16.3 Å². The second-order valence-electron chi connectivity index (χ2n) is 3.74. The second-order valence-corrected chi connectivity index (χ2v) is 4.89. The van der Waals surface area contributed by atoms with Gasteiger partial charge in [0.2, 0.25) is 0 Å². The average Bonchev–Trinajstić information content (AvgIpc) is 2.55. The molecule has 0 saturated heterocycles. The molecule has 1 aromatic rings. The SMILES string of the molecule is Cc1nsc(C(=O)NC(C#N)C(C)C)c1Cl. The summed E-state index contributed by atoms with van der Waals surface area (Å²) < 4.78 is 3.98. The van der Waals surface area contributed by atoms with E-state index in [2.05, 4.69) is 9.69 Å². The van der Waals surface area contributed by atoms with E-state index in [1.807, 2.05) is 19.9 Å². The van der Waals surface area contributed by atoms with Gasteiger partial charge in [0.25, 0.3) is 5.91 Å². The number of hydrogen-bond acceptors (Lipinski definition) is 4. The smallest absolute Gasteiger partial charge is 0.265 e. The van der Waals surface area contributed by atoms with E-state index >= 15 is 0 Å². The highest BCUT2D eigenvalue weighted by Crippen LogP contribution is 2.23. The summed E-state index contributed by atoms with van der Waals surface area (Å²) in [6.07, 6.45) is 0. The molecule has 1 aromatic heterocycles. The van der Waals surface area contributed by atoms with Gasteiger partial charge in [-0.15, -0.1) is 0 Å². The van der Waals surface area contributed by atoms with Gasteiger partial charge in [0, 0.05) is 0 Å². The van der Waals surface area contributed by atoms with Gasteiger partial charge in [-0.25, -0.2) is 0 Å². The summed E-state index contributed by atoms with van der Waals surface area (Å²) in [6.45, 7) is 5.47. The van der Waals surface area contributed by atoms with Crippen LogP contribution in [-0.2, 0) is 0 Å². The molecule has 1 rings (SSSR count). The molecule has 16 heavy (non-hydrogen) atoms. The number of halogens is 1. The molecular formula is C10H12ClN3OS. The van der Waals surface area contributed by atoms with Crippen molar-refractivity contribution in [3.63, 3.8) is 0 Å². The van der Waals surface area contributed by atoms with Crippen LogP contribution < -0.4 is 5.32 Å². The molecule has 0 aromatic carbocycles. The maximum absolute atomic E-state index is 11.8. The van der Waals surface area contributed by atoms with Crippen molar-refractivity contribution in [3.8, 4) is 6.07 Å². The fourth-order valence-corrected chi connectivity index (χ4v) is 2.03. The lowest BCUT2D eigenvalue weighted by molar-refractivity contribution is 0.0942. The summed E-state index contributed by atoms with van der Waals surface area (Å²) in [5.41, 5.74) is 0.634. The fourth-order valence-electron chi connectivity index (χ4n) is 1.05. The lowest BCUT2D eigenvalue weighted by atomic mass is 10.1. The Morgan fingerprint density at radius 2 is 2.25 bits per heavy atom. The third-order valence-electron chi connectivity index (χ3n) is 2.09. The fraction of sp³-hybridized carbons (Fsp3) is 0.500. The lowest BCUT2D eigenvalue weighted by Crippen LogP contribution is -2.37. The van der Waals surface area contributed by atoms with Gasteiger partial charge in [-0.05, 0) is 24.4 Å². The summed E-state index contributed by atoms with van der Waals surface area (Å²) >= 11 is 6.96. The Morgan fingerprint density at radius 1 is 1.62 bits per heavy atom. The van der Waals surface area contributed by atoms with Crippen LogP contribution in [0.4, 0.5) is 0 Å². The minimum atomic E-state index is -0.508. The summed E-state index contributed by atoms with van der Waals surface area (Å²) in [6, 6.07) is 1.53. The molecule has 1 atom stereocenters. The van der Waals surface area contributed by atoms with Crippen LogP contribution in [0.3, 0.4) is 0 Å². The first-order chi connectivity index (χ1) is 7.47. The molecule has 0 fully saturated rings. The predicted molar refractivity (Wildman–Crippen MR) is 63.6 cm³/mol. The average molecular weight is 258 g/mol. The molecule has 0 spiro atoms. The largest absolute Gasteiger partial charge is 0.335 e. The van der Waals surface area contributed by atoms with E-state index in [1.54, 1.807) is 6.92 Å². The van der Waals surface area contributed by atoms with E-state index in [9.17, 15) is 4.79 Å². The first kappa shape index (κ1) is 12.9. The maximum atomic E-state index is 11.8. The molecule has 0 aliphatic heterocycles. The highest BCUT2D eigenvalue weighted by Gasteiger charge is 2.21. The van der Waals surface area contributed by atoms with Crippen molar-refractivity contribution in [2.45, 2.75) is 26.8 Å². The van der Waals surface area contributed by atoms with Crippen molar-refractivity contribution in [1.82, 2.24) is 9.69 Å². The third-order valence-corrected chi connectivity index (χ3v) is 3.60. The number of carbonyl (C=O) groups is 1. The molecular weight excluding hydrogens is 246 g/mol. The first-order valence-electron chi connectivity index (χ1n) is 4.79. The summed E-state index contributed by atoms with van der Waals surface area (Å²) in [5, 5.41) is 11.8. The van der Waals surface area contributed by atoms with Crippen LogP contribution in [0.25, 0.3) is 0 Å². The molecule has 0 aliphatic carbocycles. The summed E-state index contributed by atoms with van der Waals surface area (Å²) in [7, 11) is 0.